The van der Waals surface area contributed by atoms with Crippen LogP contribution in [0.5, 0.6) is 5.75 Å². The zero-order valence-corrected chi connectivity index (χ0v) is 14.0. The first-order valence-electron chi connectivity index (χ1n) is 7.48. The third-order valence-corrected chi connectivity index (χ3v) is 3.26. The van der Waals surface area contributed by atoms with Crippen molar-refractivity contribution in [3.05, 3.63) is 47.7 Å². The van der Waals surface area contributed by atoms with Gasteiger partial charge in [-0.1, -0.05) is 0 Å². The molecule has 0 saturated carbocycles. The van der Waals surface area contributed by atoms with Gasteiger partial charge in [0.05, 0.1) is 13.2 Å². The van der Waals surface area contributed by atoms with Gasteiger partial charge in [-0.3, -0.25) is 0 Å². The van der Waals surface area contributed by atoms with Crippen molar-refractivity contribution in [2.24, 2.45) is 0 Å². The van der Waals surface area contributed by atoms with Crippen molar-refractivity contribution in [2.45, 2.75) is 13.5 Å². The molecule has 0 fully saturated rings. The van der Waals surface area contributed by atoms with Gasteiger partial charge in [-0.25, -0.2) is 9.18 Å². The number of benzene rings is 1. The number of hydrogen-bond donors (Lipinski definition) is 1. The summed E-state index contributed by atoms with van der Waals surface area (Å²) in [7, 11) is 3.17. The van der Waals surface area contributed by atoms with E-state index in [4.69, 9.17) is 13.9 Å². The molecule has 0 atom stereocenters. The summed E-state index contributed by atoms with van der Waals surface area (Å²) in [5, 5.41) is 2.63. The molecule has 0 unspecified atom stereocenters. The lowest BCUT2D eigenvalue weighted by atomic mass is 10.3. The highest BCUT2D eigenvalue weighted by molar-refractivity contribution is 5.89. The summed E-state index contributed by atoms with van der Waals surface area (Å²) in [6, 6.07) is 7.54. The molecule has 2 rings (SSSR count). The molecule has 1 heterocycles. The Labute approximate surface area is 140 Å². The number of nitrogens with one attached hydrogen (secondary N) is 1. The molecule has 0 spiro atoms. The smallest absolute Gasteiger partial charge is 0.321 e. The van der Waals surface area contributed by atoms with E-state index >= 15 is 0 Å². The maximum absolute atomic E-state index is 13.9. The van der Waals surface area contributed by atoms with Crippen LogP contribution in [0.2, 0.25) is 0 Å². The third-order valence-electron chi connectivity index (χ3n) is 3.26. The number of anilines is 1. The van der Waals surface area contributed by atoms with E-state index in [1.165, 1.54) is 17.0 Å². The number of methoxy groups -OCH3 is 1. The standard InChI is InChI=1S/C17H21FN2O4/c1-12-4-6-14(24-12)11-20(2)17(21)19-13-5-7-16(15(18)10-13)23-9-8-22-3/h4-7,10H,8-9,11H2,1-3H3,(H,19,21). The lowest BCUT2D eigenvalue weighted by molar-refractivity contribution is 0.144. The Morgan fingerprint density at radius 1 is 1.29 bits per heavy atom. The van der Waals surface area contributed by atoms with Gasteiger partial charge < -0.3 is 24.1 Å². The second kappa shape index (κ2) is 8.35. The van der Waals surface area contributed by atoms with Gasteiger partial charge in [0.1, 0.15) is 18.1 Å². The molecule has 1 aromatic heterocycles. The summed E-state index contributed by atoms with van der Waals surface area (Å²) in [6.07, 6.45) is 0. The van der Waals surface area contributed by atoms with Crippen LogP contribution in [0.3, 0.4) is 0 Å². The van der Waals surface area contributed by atoms with Gasteiger partial charge in [0.15, 0.2) is 11.6 Å². The summed E-state index contributed by atoms with van der Waals surface area (Å²) in [4.78, 5) is 13.6. The normalized spacial score (nSPS) is 10.5. The summed E-state index contributed by atoms with van der Waals surface area (Å²) >= 11 is 0. The number of amides is 2. The molecular weight excluding hydrogens is 315 g/mol. The SMILES string of the molecule is COCCOc1ccc(NC(=O)N(C)Cc2ccc(C)o2)cc1F. The quantitative estimate of drug-likeness (QED) is 0.787. The molecule has 130 valence electrons. The first kappa shape index (κ1) is 17.8. The predicted molar refractivity (Wildman–Crippen MR) is 87.7 cm³/mol. The number of furan rings is 1. The number of nitrogens with zero attached hydrogens (tertiary/aromatic N) is 1. The Morgan fingerprint density at radius 3 is 2.71 bits per heavy atom. The Hall–Kier alpha value is -2.54. The fourth-order valence-corrected chi connectivity index (χ4v) is 2.03. The lowest BCUT2D eigenvalue weighted by Gasteiger charge is -2.17. The van der Waals surface area contributed by atoms with Crippen LogP contribution in [0, 0.1) is 12.7 Å². The number of hydrogen-bond acceptors (Lipinski definition) is 4. The molecule has 0 aliphatic heterocycles. The number of ether oxygens (including phenoxy) is 2. The number of rotatable bonds is 7. The van der Waals surface area contributed by atoms with Crippen molar-refractivity contribution in [3.8, 4) is 5.75 Å². The average molecular weight is 336 g/mol. The number of halogens is 1. The lowest BCUT2D eigenvalue weighted by Crippen LogP contribution is -2.30. The summed E-state index contributed by atoms with van der Waals surface area (Å²) in [5.41, 5.74) is 0.346. The zero-order chi connectivity index (χ0) is 17.5. The molecule has 0 saturated heterocycles. The fourth-order valence-electron chi connectivity index (χ4n) is 2.03. The summed E-state index contributed by atoms with van der Waals surface area (Å²) in [5.74, 6) is 1.03. The minimum atomic E-state index is -0.548. The Balaban J connectivity index is 1.92. The number of aryl methyl sites for hydroxylation is 1. The molecule has 6 nitrogen and oxygen atoms in total. The molecule has 0 radical (unpaired) electrons. The Kier molecular flexibility index (Phi) is 6.20. The largest absolute Gasteiger partial charge is 0.488 e. The van der Waals surface area contributed by atoms with E-state index in [2.05, 4.69) is 5.32 Å². The monoisotopic (exact) mass is 336 g/mol. The molecule has 1 N–H and O–H groups in total. The highest BCUT2D eigenvalue weighted by Crippen LogP contribution is 2.21. The average Bonchev–Trinajstić information content (AvgIpc) is 2.94. The highest BCUT2D eigenvalue weighted by atomic mass is 19.1. The van der Waals surface area contributed by atoms with Gasteiger partial charge in [0, 0.05) is 25.9 Å². The first-order chi connectivity index (χ1) is 11.5. The fraction of sp³-hybridized carbons (Fsp3) is 0.353. The van der Waals surface area contributed by atoms with Crippen LogP contribution in [0.25, 0.3) is 0 Å². The van der Waals surface area contributed by atoms with E-state index in [0.717, 1.165) is 5.76 Å². The van der Waals surface area contributed by atoms with E-state index in [-0.39, 0.29) is 18.4 Å². The topological polar surface area (TPSA) is 63.9 Å². The molecule has 2 amide bonds. The van der Waals surface area contributed by atoms with Gasteiger partial charge in [0.25, 0.3) is 0 Å². The second-order valence-corrected chi connectivity index (χ2v) is 5.29. The van der Waals surface area contributed by atoms with E-state index in [1.54, 1.807) is 20.2 Å². The molecule has 1 aromatic carbocycles. The van der Waals surface area contributed by atoms with Crippen molar-refractivity contribution in [1.82, 2.24) is 4.90 Å². The van der Waals surface area contributed by atoms with Crippen LogP contribution in [-0.2, 0) is 11.3 Å². The van der Waals surface area contributed by atoms with Crippen molar-refractivity contribution in [1.29, 1.82) is 0 Å². The van der Waals surface area contributed by atoms with Crippen molar-refractivity contribution < 1.29 is 23.1 Å². The van der Waals surface area contributed by atoms with Crippen molar-refractivity contribution in [3.63, 3.8) is 0 Å². The Morgan fingerprint density at radius 2 is 2.08 bits per heavy atom. The highest BCUT2D eigenvalue weighted by Gasteiger charge is 2.13. The summed E-state index contributed by atoms with van der Waals surface area (Å²) in [6.45, 7) is 2.78. The Bertz CT molecular complexity index is 687. The molecular formula is C17H21FN2O4. The molecule has 7 heteroatoms. The van der Waals surface area contributed by atoms with Crippen LogP contribution in [0.15, 0.2) is 34.7 Å². The molecule has 0 aliphatic rings. The first-order valence-corrected chi connectivity index (χ1v) is 7.48. The summed E-state index contributed by atoms with van der Waals surface area (Å²) < 4.78 is 29.4. The van der Waals surface area contributed by atoms with Crippen LogP contribution in [-0.4, -0.2) is 38.3 Å². The van der Waals surface area contributed by atoms with E-state index in [0.29, 0.717) is 24.6 Å². The molecule has 0 aliphatic carbocycles. The minimum Gasteiger partial charge on any atom is -0.488 e. The van der Waals surface area contributed by atoms with Gasteiger partial charge >= 0.3 is 6.03 Å². The van der Waals surface area contributed by atoms with E-state index in [1.807, 2.05) is 19.1 Å². The zero-order valence-electron chi connectivity index (χ0n) is 14.0. The van der Waals surface area contributed by atoms with Crippen LogP contribution in [0.4, 0.5) is 14.9 Å². The number of carbonyl (C=O) groups excluding carboxylic acids is 1. The van der Waals surface area contributed by atoms with E-state index < -0.39 is 5.82 Å². The van der Waals surface area contributed by atoms with Crippen LogP contribution in [0.1, 0.15) is 11.5 Å². The molecule has 0 bridgehead atoms. The van der Waals surface area contributed by atoms with E-state index in [9.17, 15) is 9.18 Å². The number of carbonyl (C=O) groups is 1. The van der Waals surface area contributed by atoms with Crippen LogP contribution < -0.4 is 10.1 Å². The van der Waals surface area contributed by atoms with Gasteiger partial charge in [-0.05, 0) is 31.2 Å². The third kappa shape index (κ3) is 4.99. The second-order valence-electron chi connectivity index (χ2n) is 5.29. The maximum Gasteiger partial charge on any atom is 0.321 e. The van der Waals surface area contributed by atoms with Crippen molar-refractivity contribution >= 4 is 11.7 Å². The number of urea groups is 1. The van der Waals surface area contributed by atoms with Gasteiger partial charge in [-0.15, -0.1) is 0 Å². The minimum absolute atomic E-state index is 0.115. The predicted octanol–water partition coefficient (Wildman–Crippen LogP) is 3.42. The van der Waals surface area contributed by atoms with Gasteiger partial charge in [0.2, 0.25) is 0 Å². The molecule has 2 aromatic rings. The molecule has 24 heavy (non-hydrogen) atoms. The van der Waals surface area contributed by atoms with Crippen molar-refractivity contribution in [2.75, 3.05) is 32.7 Å². The van der Waals surface area contributed by atoms with Gasteiger partial charge in [-0.2, -0.15) is 0 Å². The maximum atomic E-state index is 13.9. The van der Waals surface area contributed by atoms with Crippen LogP contribution >= 0.6 is 0 Å².